The van der Waals surface area contributed by atoms with Crippen LogP contribution in [0, 0.1) is 5.92 Å². The first-order valence-electron chi connectivity index (χ1n) is 16.2. The maximum Gasteiger partial charge on any atom is 0.326 e. The van der Waals surface area contributed by atoms with Gasteiger partial charge in [0.1, 0.15) is 0 Å². The van der Waals surface area contributed by atoms with Gasteiger partial charge < -0.3 is 34.5 Å². The van der Waals surface area contributed by atoms with Crippen LogP contribution in [0.4, 0.5) is 5.69 Å². The van der Waals surface area contributed by atoms with Gasteiger partial charge >= 0.3 is 11.7 Å². The molecule has 2 aliphatic heterocycles. The van der Waals surface area contributed by atoms with Gasteiger partial charge in [0.05, 0.1) is 29.8 Å². The molecule has 47 heavy (non-hydrogen) atoms. The Morgan fingerprint density at radius 1 is 1.02 bits per heavy atom. The molecule has 3 heterocycles. The highest BCUT2D eigenvalue weighted by molar-refractivity contribution is 5.95. The number of fused-ring (bicyclic) bond motifs is 1. The number of amides is 1. The summed E-state index contributed by atoms with van der Waals surface area (Å²) in [5, 5.41) is 12.4. The summed E-state index contributed by atoms with van der Waals surface area (Å²) in [7, 11) is 0. The summed E-state index contributed by atoms with van der Waals surface area (Å²) in [6.07, 6.45) is -0.399. The number of aromatic amines is 1. The number of benzene rings is 3. The maximum atomic E-state index is 12.8. The van der Waals surface area contributed by atoms with Gasteiger partial charge in [0.25, 0.3) is 5.91 Å². The summed E-state index contributed by atoms with van der Waals surface area (Å²) in [5.74, 6) is -0.957. The molecular formula is C36H42N4O7. The largest absolute Gasteiger partial charge is 0.453 e. The lowest BCUT2D eigenvalue weighted by atomic mass is 9.89. The van der Waals surface area contributed by atoms with Crippen LogP contribution in [0.15, 0.2) is 77.6 Å². The minimum absolute atomic E-state index is 0.00708. The van der Waals surface area contributed by atoms with Crippen molar-refractivity contribution in [3.8, 4) is 0 Å². The summed E-state index contributed by atoms with van der Waals surface area (Å²) in [4.78, 5) is 42.2. The number of likely N-dealkylation sites (tertiary alicyclic amines) is 1. The lowest BCUT2D eigenvalue weighted by molar-refractivity contribution is -0.276. The van der Waals surface area contributed by atoms with Crippen LogP contribution >= 0.6 is 0 Å². The van der Waals surface area contributed by atoms with E-state index in [9.17, 15) is 19.5 Å². The number of aromatic nitrogens is 2. The number of H-pyrrole nitrogens is 1. The zero-order chi connectivity index (χ0) is 33.1. The lowest BCUT2D eigenvalue weighted by Crippen LogP contribution is -2.47. The number of anilines is 1. The van der Waals surface area contributed by atoms with Gasteiger partial charge in [-0.2, -0.15) is 0 Å². The Morgan fingerprint density at radius 3 is 2.49 bits per heavy atom. The second kappa shape index (κ2) is 14.2. The van der Waals surface area contributed by atoms with E-state index in [1.165, 1.54) is 13.8 Å². The number of aliphatic hydroxyl groups is 1. The molecular weight excluding hydrogens is 600 g/mol. The minimum Gasteiger partial charge on any atom is -0.453 e. The molecule has 0 spiro atoms. The summed E-state index contributed by atoms with van der Waals surface area (Å²) in [5.41, 5.74) is 4.82. The van der Waals surface area contributed by atoms with E-state index in [0.29, 0.717) is 12.2 Å². The van der Waals surface area contributed by atoms with E-state index in [1.54, 1.807) is 6.07 Å². The second-order valence-electron chi connectivity index (χ2n) is 12.5. The third kappa shape index (κ3) is 7.33. The van der Waals surface area contributed by atoms with Gasteiger partial charge in [-0.25, -0.2) is 4.79 Å². The molecule has 0 bridgehead atoms. The Hall–Kier alpha value is -4.29. The number of para-hydroxylation sites is 2. The predicted octanol–water partition coefficient (Wildman–Crippen LogP) is 4.84. The number of esters is 1. The molecule has 6 rings (SSSR count). The molecule has 2 saturated heterocycles. The molecule has 1 unspecified atom stereocenters. The fourth-order valence-corrected chi connectivity index (χ4v) is 6.69. The topological polar surface area (TPSA) is 135 Å². The maximum absolute atomic E-state index is 12.8. The Morgan fingerprint density at radius 2 is 1.77 bits per heavy atom. The van der Waals surface area contributed by atoms with Crippen LogP contribution in [0.25, 0.3) is 11.0 Å². The highest BCUT2D eigenvalue weighted by atomic mass is 16.7. The van der Waals surface area contributed by atoms with Gasteiger partial charge in [-0.3, -0.25) is 14.2 Å². The standard InChI is InChI=1S/C36H42N4O7/c1-22-32(20-39-17-15-29(16-18-39)40-31-10-5-4-9-30(31)38-36(40)44)46-35(47-33(22)26-13-11-25(21-41)12-14-26)27-7-6-8-28(19-27)37-34(43)23(2)45-24(3)42/h4-14,19,22-23,29,32-33,35,41H,15-18,20-21H2,1-3H3,(H,37,43)(H,38,44)/t22-,23-,32+,33+,35?/m0/s1. The SMILES string of the molecule is CC(=O)O[C@@H](C)C(=O)Nc1cccc(C2O[C@H](CN3CCC(n4c(=O)[nH]c5ccccc54)CC3)[C@H](C)[C@H](c3ccc(CO)cc3)O2)c1. The van der Waals surface area contributed by atoms with E-state index < -0.39 is 24.3 Å². The molecule has 0 saturated carbocycles. The van der Waals surface area contributed by atoms with E-state index in [1.807, 2.05) is 71.3 Å². The minimum atomic E-state index is -0.937. The first-order valence-corrected chi connectivity index (χ1v) is 16.2. The normalized spacial score (nSPS) is 23.0. The Labute approximate surface area is 273 Å². The number of carbonyl (C=O) groups excluding carboxylic acids is 2. The Bertz CT molecular complexity index is 1760. The summed E-state index contributed by atoms with van der Waals surface area (Å²) >= 11 is 0. The predicted molar refractivity (Wildman–Crippen MR) is 177 cm³/mol. The average molecular weight is 643 g/mol. The van der Waals surface area contributed by atoms with Crippen LogP contribution in [0.3, 0.4) is 0 Å². The molecule has 11 nitrogen and oxygen atoms in total. The zero-order valence-electron chi connectivity index (χ0n) is 26.9. The number of hydrogen-bond donors (Lipinski definition) is 3. The van der Waals surface area contributed by atoms with Gasteiger partial charge in [-0.1, -0.05) is 55.5 Å². The molecule has 3 aromatic carbocycles. The summed E-state index contributed by atoms with van der Waals surface area (Å²) in [6.45, 7) is 7.23. The molecule has 248 valence electrons. The summed E-state index contributed by atoms with van der Waals surface area (Å²) < 4.78 is 20.2. The monoisotopic (exact) mass is 642 g/mol. The number of rotatable bonds is 9. The Kier molecular flexibility index (Phi) is 9.88. The highest BCUT2D eigenvalue weighted by Crippen LogP contribution is 2.42. The van der Waals surface area contributed by atoms with Crippen molar-refractivity contribution in [1.29, 1.82) is 0 Å². The smallest absolute Gasteiger partial charge is 0.326 e. The third-order valence-corrected chi connectivity index (χ3v) is 9.25. The van der Waals surface area contributed by atoms with Crippen molar-refractivity contribution in [1.82, 2.24) is 14.5 Å². The van der Waals surface area contributed by atoms with Crippen LogP contribution in [0.1, 0.15) is 68.7 Å². The Balaban J connectivity index is 1.19. The molecule has 1 aromatic heterocycles. The van der Waals surface area contributed by atoms with E-state index >= 15 is 0 Å². The number of piperidine rings is 1. The summed E-state index contributed by atoms with van der Waals surface area (Å²) in [6, 6.07) is 23.0. The molecule has 2 aliphatic rings. The first kappa shape index (κ1) is 32.6. The van der Waals surface area contributed by atoms with Crippen molar-refractivity contribution in [3.63, 3.8) is 0 Å². The van der Waals surface area contributed by atoms with Crippen LogP contribution in [0.2, 0.25) is 0 Å². The fraction of sp³-hybridized carbons (Fsp3) is 0.417. The number of carbonyl (C=O) groups is 2. The van der Waals surface area contributed by atoms with Gasteiger partial charge in [0.15, 0.2) is 12.4 Å². The molecule has 5 atom stereocenters. The zero-order valence-corrected chi connectivity index (χ0v) is 26.9. The number of hydrogen-bond acceptors (Lipinski definition) is 8. The van der Waals surface area contributed by atoms with Crippen molar-refractivity contribution < 1.29 is 28.9 Å². The third-order valence-electron chi connectivity index (χ3n) is 9.25. The number of imidazole rings is 1. The molecule has 3 N–H and O–H groups in total. The van der Waals surface area contributed by atoms with Gasteiger partial charge in [0, 0.05) is 49.8 Å². The highest BCUT2D eigenvalue weighted by Gasteiger charge is 2.40. The van der Waals surface area contributed by atoms with Crippen molar-refractivity contribution in [2.75, 3.05) is 25.0 Å². The molecule has 11 heteroatoms. The number of nitrogens with one attached hydrogen (secondary N) is 2. The van der Waals surface area contributed by atoms with Crippen LogP contribution in [-0.2, 0) is 30.4 Å². The van der Waals surface area contributed by atoms with E-state index in [2.05, 4.69) is 22.1 Å². The van der Waals surface area contributed by atoms with Crippen molar-refractivity contribution >= 4 is 28.6 Å². The van der Waals surface area contributed by atoms with Crippen molar-refractivity contribution in [2.24, 2.45) is 5.92 Å². The van der Waals surface area contributed by atoms with E-state index in [0.717, 1.165) is 53.7 Å². The average Bonchev–Trinajstić information content (AvgIpc) is 3.41. The number of ether oxygens (including phenoxy) is 3. The van der Waals surface area contributed by atoms with Gasteiger partial charge in [-0.15, -0.1) is 0 Å². The molecule has 0 radical (unpaired) electrons. The number of aliphatic hydroxyl groups excluding tert-OH is 1. The first-order chi connectivity index (χ1) is 22.7. The van der Waals surface area contributed by atoms with Crippen LogP contribution in [0.5, 0.6) is 0 Å². The fourth-order valence-electron chi connectivity index (χ4n) is 6.69. The van der Waals surface area contributed by atoms with E-state index in [4.69, 9.17) is 14.2 Å². The molecule has 0 aliphatic carbocycles. The second-order valence-corrected chi connectivity index (χ2v) is 12.5. The van der Waals surface area contributed by atoms with Crippen molar-refractivity contribution in [2.45, 2.75) is 70.9 Å². The van der Waals surface area contributed by atoms with Gasteiger partial charge in [0.2, 0.25) is 0 Å². The van der Waals surface area contributed by atoms with Crippen LogP contribution in [-0.4, -0.2) is 63.3 Å². The molecule has 1 amide bonds. The quantitative estimate of drug-likeness (QED) is 0.221. The number of nitrogens with zero attached hydrogens (tertiary/aromatic N) is 2. The van der Waals surface area contributed by atoms with Gasteiger partial charge in [-0.05, 0) is 55.2 Å². The van der Waals surface area contributed by atoms with Crippen molar-refractivity contribution in [3.05, 3.63) is 100.0 Å². The molecule has 2 fully saturated rings. The molecule has 4 aromatic rings. The van der Waals surface area contributed by atoms with Crippen LogP contribution < -0.4 is 11.0 Å². The lowest BCUT2D eigenvalue weighted by Gasteiger charge is -2.44. The van der Waals surface area contributed by atoms with E-state index in [-0.39, 0.29) is 36.5 Å².